The first-order chi connectivity index (χ1) is 13.3. The molecule has 2 aromatic rings. The number of hydrogen-bond acceptors (Lipinski definition) is 4. The first kappa shape index (κ1) is 19.1. The van der Waals surface area contributed by atoms with Gasteiger partial charge in [0, 0.05) is 22.6 Å². The van der Waals surface area contributed by atoms with Crippen LogP contribution in [0, 0.1) is 0 Å². The summed E-state index contributed by atoms with van der Waals surface area (Å²) < 4.78 is 27.9. The Morgan fingerprint density at radius 2 is 2.00 bits per heavy atom. The summed E-state index contributed by atoms with van der Waals surface area (Å²) >= 11 is 3.46. The molecular weight excluding hydrogens is 442 g/mol. The molecule has 1 N–H and O–H groups in total. The Labute approximate surface area is 172 Å². The van der Waals surface area contributed by atoms with Crippen molar-refractivity contribution in [3.05, 3.63) is 64.1 Å². The summed E-state index contributed by atoms with van der Waals surface area (Å²) in [6, 6.07) is 14.1. The third-order valence-electron chi connectivity index (χ3n) is 4.86. The topological polar surface area (TPSA) is 78.8 Å². The van der Waals surface area contributed by atoms with Gasteiger partial charge in [0.25, 0.3) is 10.0 Å². The van der Waals surface area contributed by atoms with Gasteiger partial charge in [0.05, 0.1) is 4.90 Å². The average Bonchev–Trinajstić information content (AvgIpc) is 3.46. The number of halogens is 1. The van der Waals surface area contributed by atoms with Crippen molar-refractivity contribution < 1.29 is 13.2 Å². The van der Waals surface area contributed by atoms with Gasteiger partial charge in [-0.05, 0) is 49.6 Å². The molecule has 1 heterocycles. The summed E-state index contributed by atoms with van der Waals surface area (Å²) in [6.07, 6.45) is 1.97. The number of amides is 1. The predicted molar refractivity (Wildman–Crippen MR) is 110 cm³/mol. The minimum Gasteiger partial charge on any atom is -0.334 e. The van der Waals surface area contributed by atoms with E-state index in [1.807, 2.05) is 29.2 Å². The number of amidine groups is 1. The van der Waals surface area contributed by atoms with Crippen molar-refractivity contribution in [3.8, 4) is 0 Å². The van der Waals surface area contributed by atoms with Crippen molar-refractivity contribution in [2.75, 3.05) is 0 Å². The lowest BCUT2D eigenvalue weighted by molar-refractivity contribution is -0.133. The van der Waals surface area contributed by atoms with E-state index in [1.165, 1.54) is 6.07 Å². The normalized spacial score (nSPS) is 19.7. The highest BCUT2D eigenvalue weighted by atomic mass is 79.9. The van der Waals surface area contributed by atoms with Gasteiger partial charge < -0.3 is 4.90 Å². The molecule has 2 aromatic carbocycles. The van der Waals surface area contributed by atoms with Crippen LogP contribution in [0.15, 0.2) is 62.9 Å². The van der Waals surface area contributed by atoms with Gasteiger partial charge in [-0.2, -0.15) is 0 Å². The largest absolute Gasteiger partial charge is 0.334 e. The van der Waals surface area contributed by atoms with E-state index in [-0.39, 0.29) is 22.7 Å². The van der Waals surface area contributed by atoms with E-state index in [1.54, 1.807) is 25.1 Å². The molecule has 0 spiro atoms. The maximum Gasteiger partial charge on any atom is 0.263 e. The van der Waals surface area contributed by atoms with Crippen LogP contribution in [0.1, 0.15) is 30.9 Å². The molecule has 0 radical (unpaired) electrons. The molecule has 6 nitrogen and oxygen atoms in total. The Kier molecular flexibility index (Phi) is 5.01. The van der Waals surface area contributed by atoms with Crippen molar-refractivity contribution in [3.63, 3.8) is 0 Å². The van der Waals surface area contributed by atoms with E-state index in [2.05, 4.69) is 25.6 Å². The fourth-order valence-corrected chi connectivity index (χ4v) is 5.01. The maximum atomic E-state index is 13.1. The van der Waals surface area contributed by atoms with Gasteiger partial charge in [0.15, 0.2) is 0 Å². The summed E-state index contributed by atoms with van der Waals surface area (Å²) in [5.41, 5.74) is 1.55. The van der Waals surface area contributed by atoms with E-state index in [9.17, 15) is 13.2 Å². The van der Waals surface area contributed by atoms with E-state index in [4.69, 9.17) is 0 Å². The second-order valence-electron chi connectivity index (χ2n) is 7.08. The molecule has 0 unspecified atom stereocenters. The van der Waals surface area contributed by atoms with Crippen molar-refractivity contribution >= 4 is 37.7 Å². The van der Waals surface area contributed by atoms with Gasteiger partial charge in [-0.3, -0.25) is 14.5 Å². The number of rotatable bonds is 5. The third-order valence-corrected chi connectivity index (χ3v) is 6.75. The second kappa shape index (κ2) is 7.33. The molecule has 146 valence electrons. The number of aliphatic imine (C=N–C) groups is 1. The Balaban J connectivity index is 1.58. The SMILES string of the molecule is C[C@H](N=C1NS(=O)(=O)c2ccccc21)C(=O)N(Cc1cccc(Br)c1)C1CC1. The Morgan fingerprint density at radius 1 is 1.25 bits per heavy atom. The van der Waals surface area contributed by atoms with E-state index in [0.717, 1.165) is 22.9 Å². The summed E-state index contributed by atoms with van der Waals surface area (Å²) in [7, 11) is -3.61. The molecule has 1 aliphatic heterocycles. The Bertz CT molecular complexity index is 1060. The van der Waals surface area contributed by atoms with Gasteiger partial charge in [0.1, 0.15) is 11.9 Å². The summed E-state index contributed by atoms with van der Waals surface area (Å²) in [4.78, 5) is 19.6. The molecular formula is C20H20BrN3O3S. The van der Waals surface area contributed by atoms with Crippen molar-refractivity contribution in [2.45, 2.75) is 43.3 Å². The number of carbonyl (C=O) groups is 1. The number of fused-ring (bicyclic) bond motifs is 1. The van der Waals surface area contributed by atoms with Crippen LogP contribution in [-0.2, 0) is 21.4 Å². The van der Waals surface area contributed by atoms with Crippen molar-refractivity contribution in [1.29, 1.82) is 0 Å². The lowest BCUT2D eigenvalue weighted by atomic mass is 10.2. The fraction of sp³-hybridized carbons (Fsp3) is 0.300. The Hall–Kier alpha value is -2.19. The van der Waals surface area contributed by atoms with Crippen molar-refractivity contribution in [2.24, 2.45) is 4.99 Å². The molecule has 2 aliphatic rings. The van der Waals surface area contributed by atoms with Crippen LogP contribution < -0.4 is 4.72 Å². The molecule has 1 amide bonds. The Morgan fingerprint density at radius 3 is 2.71 bits per heavy atom. The summed E-state index contributed by atoms with van der Waals surface area (Å²) in [5.74, 6) is 0.133. The average molecular weight is 462 g/mol. The van der Waals surface area contributed by atoms with Crippen LogP contribution in [0.3, 0.4) is 0 Å². The van der Waals surface area contributed by atoms with Crippen LogP contribution in [-0.4, -0.2) is 37.1 Å². The number of nitrogens with zero attached hydrogens (tertiary/aromatic N) is 2. The molecule has 8 heteroatoms. The number of hydrogen-bond donors (Lipinski definition) is 1. The highest BCUT2D eigenvalue weighted by molar-refractivity contribution is 9.10. The van der Waals surface area contributed by atoms with Crippen LogP contribution in [0.5, 0.6) is 0 Å². The van der Waals surface area contributed by atoms with Crippen LogP contribution in [0.25, 0.3) is 0 Å². The van der Waals surface area contributed by atoms with Gasteiger partial charge in [-0.25, -0.2) is 8.42 Å². The molecule has 1 fully saturated rings. The van der Waals surface area contributed by atoms with Crippen LogP contribution in [0.2, 0.25) is 0 Å². The third kappa shape index (κ3) is 3.84. The fourth-order valence-electron chi connectivity index (χ4n) is 3.32. The highest BCUT2D eigenvalue weighted by Gasteiger charge is 2.36. The zero-order valence-corrected chi connectivity index (χ0v) is 17.7. The zero-order valence-electron chi connectivity index (χ0n) is 15.3. The zero-order chi connectivity index (χ0) is 19.9. The minimum absolute atomic E-state index is 0.0986. The number of sulfonamides is 1. The predicted octanol–water partition coefficient (Wildman–Crippen LogP) is 3.07. The van der Waals surface area contributed by atoms with E-state index >= 15 is 0 Å². The summed E-state index contributed by atoms with van der Waals surface area (Å²) in [5, 5.41) is 0. The van der Waals surface area contributed by atoms with Gasteiger partial charge in [-0.1, -0.05) is 40.2 Å². The van der Waals surface area contributed by atoms with E-state index < -0.39 is 16.1 Å². The summed E-state index contributed by atoms with van der Waals surface area (Å²) in [6.45, 7) is 2.22. The first-order valence-electron chi connectivity index (χ1n) is 9.10. The molecule has 1 aliphatic carbocycles. The first-order valence-corrected chi connectivity index (χ1v) is 11.4. The number of benzene rings is 2. The van der Waals surface area contributed by atoms with Crippen LogP contribution >= 0.6 is 15.9 Å². The monoisotopic (exact) mass is 461 g/mol. The van der Waals surface area contributed by atoms with Crippen LogP contribution in [0.4, 0.5) is 0 Å². The smallest absolute Gasteiger partial charge is 0.263 e. The lowest BCUT2D eigenvalue weighted by Gasteiger charge is -2.25. The molecule has 1 saturated carbocycles. The van der Waals surface area contributed by atoms with Gasteiger partial charge in [0.2, 0.25) is 5.91 Å². The van der Waals surface area contributed by atoms with E-state index in [0.29, 0.717) is 12.1 Å². The molecule has 1 atom stereocenters. The number of carbonyl (C=O) groups excluding carboxylic acids is 1. The number of nitrogens with one attached hydrogen (secondary N) is 1. The maximum absolute atomic E-state index is 13.1. The van der Waals surface area contributed by atoms with Gasteiger partial charge in [-0.15, -0.1) is 0 Å². The molecule has 0 aromatic heterocycles. The molecule has 28 heavy (non-hydrogen) atoms. The highest BCUT2D eigenvalue weighted by Crippen LogP contribution is 2.30. The minimum atomic E-state index is -3.61. The van der Waals surface area contributed by atoms with Gasteiger partial charge >= 0.3 is 0 Å². The lowest BCUT2D eigenvalue weighted by Crippen LogP contribution is -2.39. The standard InChI is InChI=1S/C20H20BrN3O3S/c1-13(22-19-17-7-2-3-8-18(17)28(26,27)23-19)20(25)24(16-9-10-16)12-14-5-4-6-15(21)11-14/h2-8,11,13,16H,9-10,12H2,1H3,(H,22,23)/t13-/m0/s1. The quantitative estimate of drug-likeness (QED) is 0.742. The molecule has 4 rings (SSSR count). The molecule has 0 bridgehead atoms. The second-order valence-corrected chi connectivity index (χ2v) is 9.65. The van der Waals surface area contributed by atoms with Crippen molar-refractivity contribution in [1.82, 2.24) is 9.62 Å². The molecule has 0 saturated heterocycles.